The third kappa shape index (κ3) is 1.67. The molecule has 12 heavy (non-hydrogen) atoms. The minimum Gasteiger partial charge on any atom is -0.386 e. The molecule has 0 aromatic carbocycles. The predicted octanol–water partition coefficient (Wildman–Crippen LogP) is 0.767. The van der Waals surface area contributed by atoms with Crippen LogP contribution in [0.2, 0.25) is 0 Å². The fraction of sp³-hybridized carbons (Fsp3) is 0.429. The number of hydrogen-bond acceptors (Lipinski definition) is 2. The first-order chi connectivity index (χ1) is 5.76. The van der Waals surface area contributed by atoms with Crippen LogP contribution in [0, 0.1) is 0 Å². The van der Waals surface area contributed by atoms with Crippen LogP contribution in [0.15, 0.2) is 23.8 Å². The van der Waals surface area contributed by atoms with Crippen LogP contribution in [-0.4, -0.2) is 28.6 Å². The first-order valence-corrected chi connectivity index (χ1v) is 3.13. The lowest BCUT2D eigenvalue weighted by Crippen LogP contribution is -2.34. The second-order valence-corrected chi connectivity index (χ2v) is 2.29. The largest absolute Gasteiger partial charge is 0.415 e. The van der Waals surface area contributed by atoms with Gasteiger partial charge in [0.05, 0.1) is 6.94 Å². The molecule has 0 saturated heterocycles. The summed E-state index contributed by atoms with van der Waals surface area (Å²) in [7, 11) is 0. The van der Waals surface area contributed by atoms with E-state index in [1.807, 2.05) is 0 Å². The molecule has 0 unspecified atom stereocenters. The van der Waals surface area contributed by atoms with Crippen LogP contribution in [0.4, 0.5) is 13.2 Å². The summed E-state index contributed by atoms with van der Waals surface area (Å²) in [5.41, 5.74) is -1.46. The van der Waals surface area contributed by atoms with E-state index in [0.29, 0.717) is 6.08 Å². The molecule has 5 heteroatoms. The fourth-order valence-corrected chi connectivity index (χ4v) is 0.833. The highest BCUT2D eigenvalue weighted by molar-refractivity contribution is 5.28. The van der Waals surface area contributed by atoms with Gasteiger partial charge in [-0.1, -0.05) is 18.2 Å². The van der Waals surface area contributed by atoms with Gasteiger partial charge in [-0.15, -0.1) is 0 Å². The molecule has 1 aliphatic rings. The van der Waals surface area contributed by atoms with Gasteiger partial charge >= 0.3 is 6.18 Å². The zero-order chi connectivity index (χ0) is 10.3. The fourth-order valence-electron chi connectivity index (χ4n) is 0.833. The molecule has 68 valence electrons. The van der Waals surface area contributed by atoms with Crippen molar-refractivity contribution in [1.29, 1.82) is 0 Å². The SMILES string of the molecule is [2H][C@]1(O)C(C(F)(F)F)=CC=C[C@H]1O. The average molecular weight is 181 g/mol. The van der Waals surface area contributed by atoms with Crippen molar-refractivity contribution >= 4 is 0 Å². The van der Waals surface area contributed by atoms with Gasteiger partial charge in [0.2, 0.25) is 0 Å². The van der Waals surface area contributed by atoms with Gasteiger partial charge in [-0.05, 0) is 0 Å². The maximum Gasteiger partial charge on any atom is 0.415 e. The summed E-state index contributed by atoms with van der Waals surface area (Å²) in [5, 5.41) is 17.9. The molecule has 0 aromatic heterocycles. The van der Waals surface area contributed by atoms with Crippen molar-refractivity contribution < 1.29 is 24.8 Å². The Morgan fingerprint density at radius 3 is 2.42 bits per heavy atom. The molecule has 2 nitrogen and oxygen atoms in total. The lowest BCUT2D eigenvalue weighted by atomic mass is 9.99. The van der Waals surface area contributed by atoms with Gasteiger partial charge in [-0.2, -0.15) is 13.2 Å². The summed E-state index contributed by atoms with van der Waals surface area (Å²) in [5.74, 6) is 0. The van der Waals surface area contributed by atoms with Gasteiger partial charge < -0.3 is 10.2 Å². The van der Waals surface area contributed by atoms with Gasteiger partial charge in [0.15, 0.2) is 0 Å². The van der Waals surface area contributed by atoms with Crippen molar-refractivity contribution in [2.75, 3.05) is 0 Å². The smallest absolute Gasteiger partial charge is 0.386 e. The average Bonchev–Trinajstić information content (AvgIpc) is 1.92. The molecule has 2 N–H and O–H groups in total. The minimum atomic E-state index is -4.80. The Morgan fingerprint density at radius 2 is 2.00 bits per heavy atom. The first-order valence-electron chi connectivity index (χ1n) is 3.63. The summed E-state index contributed by atoms with van der Waals surface area (Å²) < 4.78 is 43.3. The van der Waals surface area contributed by atoms with Crippen molar-refractivity contribution in [3.05, 3.63) is 23.8 Å². The molecule has 0 saturated carbocycles. The maximum absolute atomic E-state index is 12.1. The highest BCUT2D eigenvalue weighted by Gasteiger charge is 2.40. The topological polar surface area (TPSA) is 40.5 Å². The molecule has 0 aliphatic heterocycles. The lowest BCUT2D eigenvalue weighted by molar-refractivity contribution is -0.112. The Bertz CT molecular complexity index is 267. The molecule has 0 spiro atoms. The number of aliphatic hydroxyl groups is 2. The molecule has 2 atom stereocenters. The van der Waals surface area contributed by atoms with Crippen LogP contribution >= 0.6 is 0 Å². The number of alkyl halides is 3. The van der Waals surface area contributed by atoms with Gasteiger partial charge in [-0.25, -0.2) is 0 Å². The molecular weight excluding hydrogens is 173 g/mol. The summed E-state index contributed by atoms with van der Waals surface area (Å²) in [6.07, 6.45) is -7.22. The van der Waals surface area contributed by atoms with Crippen molar-refractivity contribution in [3.8, 4) is 0 Å². The van der Waals surface area contributed by atoms with Gasteiger partial charge in [0.1, 0.15) is 12.2 Å². The Morgan fingerprint density at radius 1 is 1.42 bits per heavy atom. The molecule has 1 rings (SSSR count). The second-order valence-electron chi connectivity index (χ2n) is 2.29. The number of aliphatic hydroxyl groups excluding tert-OH is 1. The van der Waals surface area contributed by atoms with E-state index in [1.165, 1.54) is 0 Å². The lowest BCUT2D eigenvalue weighted by Gasteiger charge is -2.22. The summed E-state index contributed by atoms with van der Waals surface area (Å²) in [6, 6.07) is 0. The number of hydrogen-bond donors (Lipinski definition) is 2. The predicted molar refractivity (Wildman–Crippen MR) is 35.3 cm³/mol. The third-order valence-corrected chi connectivity index (χ3v) is 1.42. The van der Waals surface area contributed by atoms with E-state index in [0.717, 1.165) is 12.2 Å². The molecule has 0 heterocycles. The minimum absolute atomic E-state index is 0.569. The highest BCUT2D eigenvalue weighted by atomic mass is 19.4. The standard InChI is InChI=1S/C7H7F3O2/c8-7(9,10)4-2-1-3-5(11)6(4)12/h1-3,5-6,11-12H/t5-,6+/m1/s1/i6D. The Hall–Kier alpha value is -0.810. The molecular formula is C7H7F3O2. The quantitative estimate of drug-likeness (QED) is 0.579. The molecule has 0 bridgehead atoms. The Kier molecular flexibility index (Phi) is 1.90. The summed E-state index contributed by atoms with van der Waals surface area (Å²) in [6.45, 7) is 0. The number of halogens is 3. The van der Waals surface area contributed by atoms with E-state index in [2.05, 4.69) is 0 Å². The van der Waals surface area contributed by atoms with Gasteiger partial charge in [-0.3, -0.25) is 0 Å². The van der Waals surface area contributed by atoms with E-state index in [-0.39, 0.29) is 0 Å². The first kappa shape index (κ1) is 7.82. The molecule has 1 aliphatic carbocycles. The Labute approximate surface area is 68.0 Å². The van der Waals surface area contributed by atoms with Crippen molar-refractivity contribution in [2.45, 2.75) is 18.4 Å². The van der Waals surface area contributed by atoms with Crippen LogP contribution in [0.5, 0.6) is 0 Å². The van der Waals surface area contributed by atoms with Crippen LogP contribution in [-0.2, 0) is 0 Å². The maximum atomic E-state index is 12.1. The summed E-state index contributed by atoms with van der Waals surface area (Å²) >= 11 is 0. The number of rotatable bonds is 0. The highest BCUT2D eigenvalue weighted by Crippen LogP contribution is 2.31. The van der Waals surface area contributed by atoms with Crippen LogP contribution in [0.3, 0.4) is 0 Å². The molecule has 0 radical (unpaired) electrons. The van der Waals surface area contributed by atoms with Crippen LogP contribution in [0.25, 0.3) is 0 Å². The van der Waals surface area contributed by atoms with E-state index in [4.69, 9.17) is 11.6 Å². The normalized spacial score (nSPS) is 37.6. The van der Waals surface area contributed by atoms with E-state index >= 15 is 0 Å². The Balaban J connectivity index is 3.09. The van der Waals surface area contributed by atoms with Gasteiger partial charge in [0.25, 0.3) is 0 Å². The van der Waals surface area contributed by atoms with Crippen molar-refractivity contribution in [1.82, 2.24) is 0 Å². The van der Waals surface area contributed by atoms with Crippen LogP contribution in [0.1, 0.15) is 1.37 Å². The zero-order valence-corrected chi connectivity index (χ0v) is 5.84. The third-order valence-electron chi connectivity index (χ3n) is 1.42. The zero-order valence-electron chi connectivity index (χ0n) is 6.84. The molecule has 0 amide bonds. The van der Waals surface area contributed by atoms with E-state index in [1.54, 1.807) is 0 Å². The van der Waals surface area contributed by atoms with Crippen molar-refractivity contribution in [3.63, 3.8) is 0 Å². The second kappa shape index (κ2) is 2.91. The summed E-state index contributed by atoms with van der Waals surface area (Å²) in [4.78, 5) is 0. The van der Waals surface area contributed by atoms with Crippen molar-refractivity contribution in [2.24, 2.45) is 0 Å². The molecule has 0 fully saturated rings. The van der Waals surface area contributed by atoms with Gasteiger partial charge in [0, 0.05) is 0 Å². The van der Waals surface area contributed by atoms with E-state index in [9.17, 15) is 13.2 Å². The van der Waals surface area contributed by atoms with Crippen LogP contribution < -0.4 is 0 Å². The van der Waals surface area contributed by atoms with E-state index < -0.39 is 23.9 Å². The number of allylic oxidation sites excluding steroid dienone is 2. The monoisotopic (exact) mass is 181 g/mol. The molecule has 0 aromatic rings.